The van der Waals surface area contributed by atoms with Gasteiger partial charge >= 0.3 is 0 Å². The highest BCUT2D eigenvalue weighted by Crippen LogP contribution is 2.34. The van der Waals surface area contributed by atoms with E-state index in [1.54, 1.807) is 32.4 Å². The molecule has 0 unspecified atom stereocenters. The number of hydrogen-bond acceptors (Lipinski definition) is 3. The van der Waals surface area contributed by atoms with Gasteiger partial charge in [0.2, 0.25) is 0 Å². The van der Waals surface area contributed by atoms with Gasteiger partial charge in [0.05, 0.1) is 19.2 Å². The zero-order valence-electron chi connectivity index (χ0n) is 10.6. The van der Waals surface area contributed by atoms with Gasteiger partial charge in [0.15, 0.2) is 6.29 Å². The molecule has 0 aliphatic heterocycles. The van der Waals surface area contributed by atoms with Crippen molar-refractivity contribution in [3.8, 4) is 22.6 Å². The summed E-state index contributed by atoms with van der Waals surface area (Å²) in [5.74, 6) is 1.39. The van der Waals surface area contributed by atoms with Crippen LogP contribution in [0.4, 0.5) is 0 Å². The zero-order valence-corrected chi connectivity index (χ0v) is 11.4. The first-order valence-electron chi connectivity index (χ1n) is 5.66. The second kappa shape index (κ2) is 5.76. The molecule has 0 heterocycles. The van der Waals surface area contributed by atoms with Gasteiger partial charge in [-0.05, 0) is 29.8 Å². The van der Waals surface area contributed by atoms with Gasteiger partial charge in [0, 0.05) is 17.2 Å². The van der Waals surface area contributed by atoms with Gasteiger partial charge in [-0.3, -0.25) is 4.79 Å². The van der Waals surface area contributed by atoms with Crippen molar-refractivity contribution in [2.75, 3.05) is 14.2 Å². The van der Waals surface area contributed by atoms with Crippen LogP contribution in [-0.4, -0.2) is 20.5 Å². The maximum atomic E-state index is 10.9. The number of hydrogen-bond donors (Lipinski definition) is 0. The van der Waals surface area contributed by atoms with Crippen LogP contribution in [0.5, 0.6) is 11.5 Å². The lowest BCUT2D eigenvalue weighted by molar-refractivity contribution is 0.112. The molecule has 4 heteroatoms. The minimum absolute atomic E-state index is 0.436. The van der Waals surface area contributed by atoms with Crippen molar-refractivity contribution >= 4 is 17.9 Å². The smallest absolute Gasteiger partial charge is 0.151 e. The summed E-state index contributed by atoms with van der Waals surface area (Å²) in [4.78, 5) is 10.9. The van der Waals surface area contributed by atoms with E-state index in [0.29, 0.717) is 22.1 Å². The number of carbonyl (C=O) groups is 1. The minimum Gasteiger partial charge on any atom is -0.497 e. The van der Waals surface area contributed by atoms with Gasteiger partial charge in [0.1, 0.15) is 11.5 Å². The second-order valence-electron chi connectivity index (χ2n) is 3.92. The van der Waals surface area contributed by atoms with Crippen LogP contribution < -0.4 is 9.47 Å². The van der Waals surface area contributed by atoms with Crippen molar-refractivity contribution in [1.29, 1.82) is 0 Å². The molecule has 0 amide bonds. The number of rotatable bonds is 4. The number of benzene rings is 2. The fraction of sp³-hybridized carbons (Fsp3) is 0.133. The first kappa shape index (κ1) is 13.4. The highest BCUT2D eigenvalue weighted by molar-refractivity contribution is 6.33. The van der Waals surface area contributed by atoms with E-state index < -0.39 is 0 Å². The molecule has 0 radical (unpaired) electrons. The molecule has 0 aliphatic carbocycles. The van der Waals surface area contributed by atoms with E-state index in [2.05, 4.69) is 0 Å². The van der Waals surface area contributed by atoms with Crippen LogP contribution in [0.1, 0.15) is 10.4 Å². The summed E-state index contributed by atoms with van der Waals surface area (Å²) < 4.78 is 10.5. The predicted molar refractivity (Wildman–Crippen MR) is 75.4 cm³/mol. The van der Waals surface area contributed by atoms with Crippen LogP contribution in [0.25, 0.3) is 11.1 Å². The normalized spacial score (nSPS) is 10.1. The lowest BCUT2D eigenvalue weighted by atomic mass is 10.0. The molecule has 0 saturated heterocycles. The van der Waals surface area contributed by atoms with Crippen molar-refractivity contribution in [2.45, 2.75) is 0 Å². The Labute approximate surface area is 116 Å². The molecule has 0 N–H and O–H groups in total. The largest absolute Gasteiger partial charge is 0.497 e. The zero-order chi connectivity index (χ0) is 13.8. The predicted octanol–water partition coefficient (Wildman–Crippen LogP) is 3.84. The third kappa shape index (κ3) is 2.71. The first-order chi connectivity index (χ1) is 9.19. The molecule has 0 bridgehead atoms. The molecule has 0 atom stereocenters. The molecule has 98 valence electrons. The Balaban J connectivity index is 2.55. The first-order valence-corrected chi connectivity index (χ1v) is 6.04. The van der Waals surface area contributed by atoms with E-state index in [4.69, 9.17) is 21.1 Å². The number of carbonyl (C=O) groups excluding carboxylic acids is 1. The monoisotopic (exact) mass is 276 g/mol. The van der Waals surface area contributed by atoms with Crippen LogP contribution in [0.3, 0.4) is 0 Å². The van der Waals surface area contributed by atoms with Crippen LogP contribution in [-0.2, 0) is 0 Å². The SMILES string of the molecule is COc1ccc(-c2ccc(Cl)c(C=O)c2)c(OC)c1. The molecular formula is C15H13ClO3. The lowest BCUT2D eigenvalue weighted by Gasteiger charge is -2.11. The fourth-order valence-corrected chi connectivity index (χ4v) is 2.00. The Kier molecular flexibility index (Phi) is 4.07. The molecule has 3 nitrogen and oxygen atoms in total. The third-order valence-corrected chi connectivity index (χ3v) is 3.19. The molecule has 2 aromatic rings. The summed E-state index contributed by atoms with van der Waals surface area (Å²) >= 11 is 5.92. The Bertz CT molecular complexity index is 608. The summed E-state index contributed by atoms with van der Waals surface area (Å²) in [6.45, 7) is 0. The number of halogens is 1. The van der Waals surface area contributed by atoms with Gasteiger partial charge in [-0.15, -0.1) is 0 Å². The van der Waals surface area contributed by atoms with Crippen molar-refractivity contribution in [3.63, 3.8) is 0 Å². The van der Waals surface area contributed by atoms with Gasteiger partial charge in [-0.25, -0.2) is 0 Å². The van der Waals surface area contributed by atoms with E-state index >= 15 is 0 Å². The molecule has 0 spiro atoms. The fourth-order valence-electron chi connectivity index (χ4n) is 1.84. The Morgan fingerprint density at radius 2 is 1.84 bits per heavy atom. The highest BCUT2D eigenvalue weighted by Gasteiger charge is 2.09. The maximum absolute atomic E-state index is 10.9. The highest BCUT2D eigenvalue weighted by atomic mass is 35.5. The van der Waals surface area contributed by atoms with Crippen molar-refractivity contribution < 1.29 is 14.3 Å². The molecule has 0 fully saturated rings. The van der Waals surface area contributed by atoms with Gasteiger partial charge in [-0.1, -0.05) is 17.7 Å². The summed E-state index contributed by atoms with van der Waals surface area (Å²) in [5.41, 5.74) is 2.20. The molecular weight excluding hydrogens is 264 g/mol. The number of ether oxygens (including phenoxy) is 2. The lowest BCUT2D eigenvalue weighted by Crippen LogP contribution is -1.91. The van der Waals surface area contributed by atoms with Gasteiger partial charge < -0.3 is 9.47 Å². The summed E-state index contributed by atoms with van der Waals surface area (Å²) in [7, 11) is 3.19. The van der Waals surface area contributed by atoms with Gasteiger partial charge in [0.25, 0.3) is 0 Å². The summed E-state index contributed by atoms with van der Waals surface area (Å²) in [5, 5.41) is 0.436. The molecule has 0 saturated carbocycles. The molecule has 2 rings (SSSR count). The van der Waals surface area contributed by atoms with Crippen molar-refractivity contribution in [2.24, 2.45) is 0 Å². The Hall–Kier alpha value is -2.00. The van der Waals surface area contributed by atoms with E-state index in [9.17, 15) is 4.79 Å². The van der Waals surface area contributed by atoms with Crippen LogP contribution >= 0.6 is 11.6 Å². The number of methoxy groups -OCH3 is 2. The number of aldehydes is 1. The summed E-state index contributed by atoms with van der Waals surface area (Å²) in [6.07, 6.45) is 0.738. The van der Waals surface area contributed by atoms with E-state index in [0.717, 1.165) is 17.4 Å². The van der Waals surface area contributed by atoms with Crippen molar-refractivity contribution in [3.05, 3.63) is 47.0 Å². The quantitative estimate of drug-likeness (QED) is 0.796. The van der Waals surface area contributed by atoms with E-state index in [-0.39, 0.29) is 0 Å². The minimum atomic E-state index is 0.436. The standard InChI is InChI=1S/C15H13ClO3/c1-18-12-4-5-13(15(8-12)19-2)10-3-6-14(16)11(7-10)9-17/h3-9H,1-2H3. The van der Waals surface area contributed by atoms with Crippen LogP contribution in [0, 0.1) is 0 Å². The van der Waals surface area contributed by atoms with Crippen molar-refractivity contribution in [1.82, 2.24) is 0 Å². The average Bonchev–Trinajstić information content (AvgIpc) is 2.47. The molecule has 0 aliphatic rings. The molecule has 19 heavy (non-hydrogen) atoms. The van der Waals surface area contributed by atoms with Crippen LogP contribution in [0.15, 0.2) is 36.4 Å². The second-order valence-corrected chi connectivity index (χ2v) is 4.33. The Morgan fingerprint density at radius 1 is 1.05 bits per heavy atom. The average molecular weight is 277 g/mol. The third-order valence-electron chi connectivity index (χ3n) is 2.84. The Morgan fingerprint density at radius 3 is 2.47 bits per heavy atom. The molecule has 2 aromatic carbocycles. The van der Waals surface area contributed by atoms with E-state index in [1.807, 2.05) is 18.2 Å². The van der Waals surface area contributed by atoms with Gasteiger partial charge in [-0.2, -0.15) is 0 Å². The van der Waals surface area contributed by atoms with Crippen LogP contribution in [0.2, 0.25) is 5.02 Å². The topological polar surface area (TPSA) is 35.5 Å². The maximum Gasteiger partial charge on any atom is 0.151 e. The summed E-state index contributed by atoms with van der Waals surface area (Å²) in [6, 6.07) is 10.8. The molecule has 0 aromatic heterocycles. The van der Waals surface area contributed by atoms with E-state index in [1.165, 1.54) is 0 Å².